The lowest BCUT2D eigenvalue weighted by Crippen LogP contribution is -2.37. The number of nitrogens with one attached hydrogen (secondary N) is 1. The molecule has 1 amide bonds. The Labute approximate surface area is 168 Å². The fraction of sp³-hybridized carbons (Fsp3) is 0.429. The van der Waals surface area contributed by atoms with Gasteiger partial charge in [-0.1, -0.05) is 30.3 Å². The van der Waals surface area contributed by atoms with Crippen molar-refractivity contribution in [2.24, 2.45) is 0 Å². The Morgan fingerprint density at radius 2 is 1.93 bits per heavy atom. The third-order valence-corrected chi connectivity index (χ3v) is 6.05. The van der Waals surface area contributed by atoms with Gasteiger partial charge in [-0.05, 0) is 31.4 Å². The van der Waals surface area contributed by atoms with Gasteiger partial charge in [-0.15, -0.1) is 11.3 Å². The summed E-state index contributed by atoms with van der Waals surface area (Å²) in [6.07, 6.45) is 1.20. The molecule has 148 valence electrons. The minimum Gasteiger partial charge on any atom is -0.448 e. The molecule has 1 aliphatic carbocycles. The zero-order chi connectivity index (χ0) is 19.5. The number of carbonyl (C=O) groups is 2. The predicted molar refractivity (Wildman–Crippen MR) is 109 cm³/mol. The van der Waals surface area contributed by atoms with Crippen molar-refractivity contribution >= 4 is 28.2 Å². The van der Waals surface area contributed by atoms with Crippen molar-refractivity contribution in [2.45, 2.75) is 31.9 Å². The maximum Gasteiger partial charge on any atom is 0.349 e. The second-order valence-corrected chi connectivity index (χ2v) is 8.16. The molecule has 1 aromatic heterocycles. The number of esters is 1. The zero-order valence-electron chi connectivity index (χ0n) is 15.8. The van der Waals surface area contributed by atoms with Crippen LogP contribution in [0.1, 0.15) is 29.4 Å². The molecule has 6 nitrogen and oxygen atoms in total. The first-order valence-electron chi connectivity index (χ1n) is 9.65. The van der Waals surface area contributed by atoms with Crippen molar-refractivity contribution in [3.05, 3.63) is 41.3 Å². The van der Waals surface area contributed by atoms with Crippen molar-refractivity contribution in [2.75, 3.05) is 31.2 Å². The highest BCUT2D eigenvalue weighted by atomic mass is 32.1. The van der Waals surface area contributed by atoms with E-state index in [4.69, 9.17) is 9.47 Å². The van der Waals surface area contributed by atoms with Gasteiger partial charge < -0.3 is 19.7 Å². The van der Waals surface area contributed by atoms with E-state index in [1.807, 2.05) is 36.4 Å². The fourth-order valence-electron chi connectivity index (χ4n) is 3.13. The lowest BCUT2D eigenvalue weighted by Gasteiger charge is -2.28. The molecule has 28 heavy (non-hydrogen) atoms. The Balaban J connectivity index is 1.55. The smallest absolute Gasteiger partial charge is 0.349 e. The van der Waals surface area contributed by atoms with Crippen LogP contribution in [0, 0.1) is 0 Å². The summed E-state index contributed by atoms with van der Waals surface area (Å²) in [6, 6.07) is 12.1. The molecule has 2 aromatic rings. The SMILES string of the molecule is C[C@@H](OC(=O)c1cc(-c2ccccc2)c(N2CCOCC2)s1)C(=O)NC1CC1. The Morgan fingerprint density at radius 3 is 2.61 bits per heavy atom. The van der Waals surface area contributed by atoms with Gasteiger partial charge >= 0.3 is 5.97 Å². The Kier molecular flexibility index (Phi) is 5.64. The maximum atomic E-state index is 12.7. The first-order chi connectivity index (χ1) is 13.6. The monoisotopic (exact) mass is 400 g/mol. The molecule has 2 aliphatic rings. The van der Waals surface area contributed by atoms with Crippen LogP contribution in [0.5, 0.6) is 0 Å². The standard InChI is InChI=1S/C21H24N2O4S/c1-14(19(24)22-16-7-8-16)27-21(25)18-13-17(15-5-3-2-4-6-15)20(28-18)23-9-11-26-12-10-23/h2-6,13-14,16H,7-12H2,1H3,(H,22,24)/t14-/m1/s1. The molecule has 1 atom stereocenters. The summed E-state index contributed by atoms with van der Waals surface area (Å²) in [5, 5.41) is 3.91. The second-order valence-electron chi connectivity index (χ2n) is 7.13. The van der Waals surface area contributed by atoms with Crippen LogP contribution >= 0.6 is 11.3 Å². The molecule has 1 aromatic carbocycles. The average molecular weight is 401 g/mol. The number of thiophene rings is 1. The van der Waals surface area contributed by atoms with Crippen LogP contribution in [0.15, 0.2) is 36.4 Å². The molecule has 2 fully saturated rings. The molecule has 2 heterocycles. The van der Waals surface area contributed by atoms with Crippen LogP contribution in [0.2, 0.25) is 0 Å². The molecule has 1 saturated carbocycles. The van der Waals surface area contributed by atoms with Crippen molar-refractivity contribution in [1.29, 1.82) is 0 Å². The summed E-state index contributed by atoms with van der Waals surface area (Å²) in [4.78, 5) is 27.6. The number of morpholine rings is 1. The summed E-state index contributed by atoms with van der Waals surface area (Å²) < 4.78 is 10.9. The molecule has 4 rings (SSSR count). The van der Waals surface area contributed by atoms with Crippen molar-refractivity contribution < 1.29 is 19.1 Å². The molecular weight excluding hydrogens is 376 g/mol. The highest BCUT2D eigenvalue weighted by Crippen LogP contribution is 2.39. The van der Waals surface area contributed by atoms with Crippen LogP contribution in [0.4, 0.5) is 5.00 Å². The third-order valence-electron chi connectivity index (χ3n) is 4.87. The highest BCUT2D eigenvalue weighted by Gasteiger charge is 2.28. The van der Waals surface area contributed by atoms with E-state index in [2.05, 4.69) is 10.2 Å². The maximum absolute atomic E-state index is 12.7. The number of ether oxygens (including phenoxy) is 2. The number of carbonyl (C=O) groups excluding carboxylic acids is 2. The van der Waals surface area contributed by atoms with E-state index in [0.717, 1.165) is 42.1 Å². The number of hydrogen-bond acceptors (Lipinski definition) is 6. The number of rotatable bonds is 6. The molecule has 1 saturated heterocycles. The lowest BCUT2D eigenvalue weighted by molar-refractivity contribution is -0.129. The first kappa shape index (κ1) is 19.0. The number of nitrogens with zero attached hydrogens (tertiary/aromatic N) is 1. The van der Waals surface area contributed by atoms with Gasteiger partial charge in [0.2, 0.25) is 0 Å². The van der Waals surface area contributed by atoms with Crippen molar-refractivity contribution in [3.8, 4) is 11.1 Å². The van der Waals surface area contributed by atoms with Gasteiger partial charge in [0.25, 0.3) is 5.91 Å². The van der Waals surface area contributed by atoms with Crippen molar-refractivity contribution in [1.82, 2.24) is 5.32 Å². The summed E-state index contributed by atoms with van der Waals surface area (Å²) in [5.41, 5.74) is 2.06. The number of anilines is 1. The topological polar surface area (TPSA) is 67.9 Å². The largest absolute Gasteiger partial charge is 0.448 e. The Morgan fingerprint density at radius 1 is 1.21 bits per heavy atom. The quantitative estimate of drug-likeness (QED) is 0.755. The number of hydrogen-bond donors (Lipinski definition) is 1. The normalized spacial score (nSPS) is 17.8. The Hall–Kier alpha value is -2.38. The van der Waals surface area contributed by atoms with Gasteiger partial charge in [0, 0.05) is 24.7 Å². The number of benzene rings is 1. The number of amides is 1. The van der Waals surface area contributed by atoms with E-state index in [-0.39, 0.29) is 11.9 Å². The Bertz CT molecular complexity index is 841. The van der Waals surface area contributed by atoms with Crippen LogP contribution < -0.4 is 10.2 Å². The minimum atomic E-state index is -0.804. The summed E-state index contributed by atoms with van der Waals surface area (Å²) in [6.45, 7) is 4.53. The van der Waals surface area contributed by atoms with Crippen LogP contribution in [0.3, 0.4) is 0 Å². The summed E-state index contributed by atoms with van der Waals surface area (Å²) in [7, 11) is 0. The third kappa shape index (κ3) is 4.36. The molecule has 1 N–H and O–H groups in total. The van der Waals surface area contributed by atoms with Gasteiger partial charge in [0.1, 0.15) is 4.88 Å². The van der Waals surface area contributed by atoms with Crippen LogP contribution in [-0.2, 0) is 14.3 Å². The van der Waals surface area contributed by atoms with Gasteiger partial charge in [-0.25, -0.2) is 4.79 Å². The van der Waals surface area contributed by atoms with E-state index in [0.29, 0.717) is 18.1 Å². The van der Waals surface area contributed by atoms with Gasteiger partial charge in [-0.2, -0.15) is 0 Å². The molecule has 7 heteroatoms. The highest BCUT2D eigenvalue weighted by molar-refractivity contribution is 7.18. The fourth-order valence-corrected chi connectivity index (χ4v) is 4.24. The molecule has 0 radical (unpaired) electrons. The lowest BCUT2D eigenvalue weighted by atomic mass is 10.1. The molecule has 1 aliphatic heterocycles. The summed E-state index contributed by atoms with van der Waals surface area (Å²) >= 11 is 1.41. The van der Waals surface area contributed by atoms with E-state index in [1.54, 1.807) is 6.92 Å². The van der Waals surface area contributed by atoms with E-state index in [9.17, 15) is 9.59 Å². The molecule has 0 spiro atoms. The van der Waals surface area contributed by atoms with Crippen molar-refractivity contribution in [3.63, 3.8) is 0 Å². The molecular formula is C21H24N2O4S. The van der Waals surface area contributed by atoms with Crippen LogP contribution in [0.25, 0.3) is 11.1 Å². The average Bonchev–Trinajstić information content (AvgIpc) is 3.42. The second kappa shape index (κ2) is 8.32. The summed E-state index contributed by atoms with van der Waals surface area (Å²) in [5.74, 6) is -0.691. The molecule has 0 unspecified atom stereocenters. The zero-order valence-corrected chi connectivity index (χ0v) is 16.7. The van der Waals surface area contributed by atoms with Gasteiger partial charge in [0.15, 0.2) is 6.10 Å². The van der Waals surface area contributed by atoms with Gasteiger partial charge in [-0.3, -0.25) is 4.79 Å². The predicted octanol–water partition coefficient (Wildman–Crippen LogP) is 3.08. The van der Waals surface area contributed by atoms with E-state index < -0.39 is 12.1 Å². The molecule has 0 bridgehead atoms. The van der Waals surface area contributed by atoms with E-state index >= 15 is 0 Å². The van der Waals surface area contributed by atoms with Gasteiger partial charge in [0.05, 0.1) is 18.2 Å². The minimum absolute atomic E-state index is 0.232. The van der Waals surface area contributed by atoms with E-state index in [1.165, 1.54) is 11.3 Å². The van der Waals surface area contributed by atoms with Crippen LogP contribution in [-0.4, -0.2) is 50.3 Å². The first-order valence-corrected chi connectivity index (χ1v) is 10.5.